The molecule has 3 N–H and O–H groups in total. The van der Waals surface area contributed by atoms with E-state index in [4.69, 9.17) is 5.11 Å². The van der Waals surface area contributed by atoms with E-state index in [2.05, 4.69) is 5.32 Å². The first-order valence-electron chi connectivity index (χ1n) is 6.51. The molecule has 0 saturated carbocycles. The van der Waals surface area contributed by atoms with E-state index in [0.717, 1.165) is 24.3 Å². The highest BCUT2D eigenvalue weighted by molar-refractivity contribution is 5.90. The molecule has 98 valence electrons. The Morgan fingerprint density at radius 3 is 2.78 bits per heavy atom. The van der Waals surface area contributed by atoms with Gasteiger partial charge in [0.1, 0.15) is 0 Å². The first kappa shape index (κ1) is 12.9. The van der Waals surface area contributed by atoms with E-state index in [0.29, 0.717) is 0 Å². The van der Waals surface area contributed by atoms with Crippen LogP contribution in [-0.4, -0.2) is 24.2 Å². The van der Waals surface area contributed by atoms with Gasteiger partial charge in [-0.2, -0.15) is 0 Å². The van der Waals surface area contributed by atoms with Crippen LogP contribution in [0.5, 0.6) is 5.75 Å². The van der Waals surface area contributed by atoms with Gasteiger partial charge >= 0.3 is 5.97 Å². The molecule has 18 heavy (non-hydrogen) atoms. The number of piperidine rings is 1. The number of benzene rings is 1. The highest BCUT2D eigenvalue weighted by atomic mass is 16.4. The van der Waals surface area contributed by atoms with E-state index in [9.17, 15) is 9.90 Å². The van der Waals surface area contributed by atoms with Crippen molar-refractivity contribution >= 4 is 5.97 Å². The molecule has 4 nitrogen and oxygen atoms in total. The molecule has 1 aliphatic heterocycles. The molecule has 1 aromatic rings. The van der Waals surface area contributed by atoms with Crippen molar-refractivity contribution in [2.24, 2.45) is 5.92 Å². The van der Waals surface area contributed by atoms with Crippen molar-refractivity contribution in [1.82, 2.24) is 0 Å². The largest absolute Gasteiger partial charge is 0.872 e. The van der Waals surface area contributed by atoms with Crippen molar-refractivity contribution in [3.63, 3.8) is 0 Å². The van der Waals surface area contributed by atoms with Crippen molar-refractivity contribution in [2.75, 3.05) is 13.1 Å². The second-order valence-electron chi connectivity index (χ2n) is 4.98. The van der Waals surface area contributed by atoms with Crippen molar-refractivity contribution in [1.29, 1.82) is 0 Å². The fourth-order valence-electron chi connectivity index (χ4n) is 2.56. The third-order valence-corrected chi connectivity index (χ3v) is 3.67. The minimum atomic E-state index is -1.13. The second kappa shape index (κ2) is 5.87. The number of quaternary nitrogens is 1. The Hall–Kier alpha value is -1.55. The Kier molecular flexibility index (Phi) is 4.20. The maximum atomic E-state index is 11.3. The molecular weight excluding hydrogens is 230 g/mol. The fraction of sp³-hybridized carbons (Fsp3) is 0.500. The van der Waals surface area contributed by atoms with Gasteiger partial charge in [0.05, 0.1) is 18.7 Å². The lowest BCUT2D eigenvalue weighted by Crippen LogP contribution is -2.86. The number of aryl methyl sites for hydroxylation is 1. The summed E-state index contributed by atoms with van der Waals surface area (Å²) in [5.41, 5.74) is 0.853. The van der Waals surface area contributed by atoms with Crippen LogP contribution in [-0.2, 0) is 6.42 Å². The lowest BCUT2D eigenvalue weighted by atomic mass is 9.91. The molecule has 1 heterocycles. The predicted molar refractivity (Wildman–Crippen MR) is 65.6 cm³/mol. The van der Waals surface area contributed by atoms with Crippen LogP contribution < -0.4 is 10.4 Å². The smallest absolute Gasteiger partial charge is 0.335 e. The third-order valence-electron chi connectivity index (χ3n) is 3.67. The lowest BCUT2D eigenvalue weighted by molar-refractivity contribution is -0.664. The molecule has 0 amide bonds. The summed E-state index contributed by atoms with van der Waals surface area (Å²) in [7, 11) is 0. The molecule has 4 heteroatoms. The zero-order chi connectivity index (χ0) is 13.0. The van der Waals surface area contributed by atoms with Crippen molar-refractivity contribution in [3.05, 3.63) is 29.3 Å². The minimum absolute atomic E-state index is 0.107. The van der Waals surface area contributed by atoms with E-state index in [1.54, 1.807) is 6.07 Å². The fourth-order valence-corrected chi connectivity index (χ4v) is 2.56. The van der Waals surface area contributed by atoms with Crippen LogP contribution in [0.3, 0.4) is 0 Å². The Morgan fingerprint density at radius 1 is 1.39 bits per heavy atom. The van der Waals surface area contributed by atoms with Gasteiger partial charge in [-0.15, -0.1) is 0 Å². The summed E-state index contributed by atoms with van der Waals surface area (Å²) in [4.78, 5) is 10.9. The van der Waals surface area contributed by atoms with E-state index >= 15 is 0 Å². The predicted octanol–water partition coefficient (Wildman–Crippen LogP) is 0.364. The van der Waals surface area contributed by atoms with Crippen LogP contribution in [0.1, 0.15) is 35.2 Å². The molecule has 1 saturated heterocycles. The van der Waals surface area contributed by atoms with Gasteiger partial charge in [-0.1, -0.05) is 17.9 Å². The highest BCUT2D eigenvalue weighted by Gasteiger charge is 2.15. The molecule has 0 atom stereocenters. The molecule has 0 radical (unpaired) electrons. The van der Waals surface area contributed by atoms with Crippen LogP contribution >= 0.6 is 0 Å². The maximum Gasteiger partial charge on any atom is 0.335 e. The Morgan fingerprint density at radius 2 is 2.11 bits per heavy atom. The van der Waals surface area contributed by atoms with Gasteiger partial charge in [0, 0.05) is 0 Å². The third kappa shape index (κ3) is 3.23. The van der Waals surface area contributed by atoms with Crippen molar-refractivity contribution in [3.8, 4) is 5.75 Å². The summed E-state index contributed by atoms with van der Waals surface area (Å²) >= 11 is 0. The molecule has 0 aromatic heterocycles. The van der Waals surface area contributed by atoms with E-state index in [-0.39, 0.29) is 5.56 Å². The van der Waals surface area contributed by atoms with Gasteiger partial charge < -0.3 is 15.5 Å². The average molecular weight is 249 g/mol. The molecular formula is C14H19NO3. The molecule has 0 unspecified atom stereocenters. The number of nitrogens with two attached hydrogens (primary N) is 1. The standard InChI is InChI=1S/C14H19NO3/c16-13-4-3-11(9-12(13)14(17)18)2-1-10-5-7-15-8-6-10/h3-4,9-10,15-16H,1-2,5-8H2,(H,17,18). The number of hydrogen-bond acceptors (Lipinski definition) is 2. The zero-order valence-corrected chi connectivity index (χ0v) is 10.4. The normalized spacial score (nSPS) is 16.7. The number of carbonyl (C=O) groups is 1. The quantitative estimate of drug-likeness (QED) is 0.809. The van der Waals surface area contributed by atoms with Gasteiger partial charge in [-0.3, -0.25) is 0 Å². The molecule has 0 bridgehead atoms. The first-order valence-corrected chi connectivity index (χ1v) is 6.51. The van der Waals surface area contributed by atoms with Gasteiger partial charge in [0.2, 0.25) is 0 Å². The van der Waals surface area contributed by atoms with Gasteiger partial charge in [0.25, 0.3) is 0 Å². The molecule has 1 aliphatic rings. The Balaban J connectivity index is 1.96. The van der Waals surface area contributed by atoms with Crippen LogP contribution in [0.2, 0.25) is 0 Å². The van der Waals surface area contributed by atoms with Crippen molar-refractivity contribution in [2.45, 2.75) is 25.7 Å². The summed E-state index contributed by atoms with van der Waals surface area (Å²) in [5.74, 6) is -0.789. The second-order valence-corrected chi connectivity index (χ2v) is 4.98. The monoisotopic (exact) mass is 249 g/mol. The van der Waals surface area contributed by atoms with E-state index in [1.165, 1.54) is 38.1 Å². The van der Waals surface area contributed by atoms with Gasteiger partial charge in [0.15, 0.2) is 0 Å². The molecule has 0 aliphatic carbocycles. The van der Waals surface area contributed by atoms with E-state index < -0.39 is 11.7 Å². The van der Waals surface area contributed by atoms with Crippen molar-refractivity contribution < 1.29 is 20.3 Å². The molecule has 1 fully saturated rings. The van der Waals surface area contributed by atoms with Gasteiger partial charge in [-0.25, -0.2) is 4.79 Å². The van der Waals surface area contributed by atoms with Crippen LogP contribution in [0.4, 0.5) is 0 Å². The lowest BCUT2D eigenvalue weighted by Gasteiger charge is -2.20. The Labute approximate surface area is 107 Å². The van der Waals surface area contributed by atoms with Crippen LogP contribution in [0.15, 0.2) is 18.2 Å². The topological polar surface area (TPSA) is 77.0 Å². The zero-order valence-electron chi connectivity index (χ0n) is 10.4. The summed E-state index contributed by atoms with van der Waals surface area (Å²) in [6.45, 7) is 2.40. The summed E-state index contributed by atoms with van der Waals surface area (Å²) < 4.78 is 0. The average Bonchev–Trinajstić information content (AvgIpc) is 2.38. The van der Waals surface area contributed by atoms with E-state index in [1.807, 2.05) is 0 Å². The highest BCUT2D eigenvalue weighted by Crippen LogP contribution is 2.20. The summed E-state index contributed by atoms with van der Waals surface area (Å²) in [6, 6.07) is 4.65. The van der Waals surface area contributed by atoms with Crippen LogP contribution in [0, 0.1) is 5.92 Å². The number of carboxylic acids is 1. The summed E-state index contributed by atoms with van der Waals surface area (Å²) in [5, 5.41) is 22.6. The Bertz CT molecular complexity index is 425. The number of aromatic carboxylic acids is 1. The SMILES string of the molecule is O=C(O)c1cc(CCC2CC[NH2+]CC2)ccc1[O-]. The number of rotatable bonds is 4. The number of hydrogen-bond donors (Lipinski definition) is 2. The summed E-state index contributed by atoms with van der Waals surface area (Å²) in [6.07, 6.45) is 4.44. The molecule has 1 aromatic carbocycles. The first-order chi connectivity index (χ1) is 8.66. The molecule has 0 spiro atoms. The van der Waals surface area contributed by atoms with Crippen LogP contribution in [0.25, 0.3) is 0 Å². The maximum absolute atomic E-state index is 11.3. The minimum Gasteiger partial charge on any atom is -0.872 e. The van der Waals surface area contributed by atoms with Gasteiger partial charge in [-0.05, 0) is 43.2 Å². The number of carboxylic acid groups (broad SMARTS) is 1. The molecule has 2 rings (SSSR count).